The number of hydrogen-bond donors (Lipinski definition) is 1. The molecule has 19 heavy (non-hydrogen) atoms. The van der Waals surface area contributed by atoms with E-state index >= 15 is 0 Å². The number of ether oxygens (including phenoxy) is 1. The second kappa shape index (κ2) is 5.95. The Morgan fingerprint density at radius 3 is 2.68 bits per heavy atom. The minimum absolute atomic E-state index is 0.0761. The van der Waals surface area contributed by atoms with Gasteiger partial charge in [-0.25, -0.2) is 0 Å². The van der Waals surface area contributed by atoms with Crippen molar-refractivity contribution < 1.29 is 9.84 Å². The van der Waals surface area contributed by atoms with Crippen LogP contribution in [0.5, 0.6) is 0 Å². The average molecular weight is 284 g/mol. The van der Waals surface area contributed by atoms with E-state index in [4.69, 9.17) is 4.74 Å². The Morgan fingerprint density at radius 1 is 1.21 bits per heavy atom. The Hall–Kier alpha value is 0.270. The Kier molecular flexibility index (Phi) is 4.45. The molecule has 3 heteroatoms. The highest BCUT2D eigenvalue weighted by Gasteiger charge is 2.43. The molecule has 3 aliphatic rings. The first-order chi connectivity index (χ1) is 9.20. The smallest absolute Gasteiger partial charge is 0.0701 e. The van der Waals surface area contributed by atoms with Crippen molar-refractivity contribution in [2.45, 2.75) is 63.6 Å². The third-order valence-electron chi connectivity index (χ3n) is 5.78. The summed E-state index contributed by atoms with van der Waals surface area (Å²) in [5.41, 5.74) is 0.122. The molecule has 110 valence electrons. The van der Waals surface area contributed by atoms with E-state index in [9.17, 15) is 5.11 Å². The molecule has 4 atom stereocenters. The molecule has 1 N–H and O–H groups in total. The van der Waals surface area contributed by atoms with Gasteiger partial charge in [-0.05, 0) is 61.4 Å². The maximum Gasteiger partial charge on any atom is 0.0701 e. The average Bonchev–Trinajstić information content (AvgIpc) is 2.85. The van der Waals surface area contributed by atoms with Gasteiger partial charge in [0.1, 0.15) is 0 Å². The van der Waals surface area contributed by atoms with Gasteiger partial charge in [0, 0.05) is 6.61 Å². The van der Waals surface area contributed by atoms with Crippen LogP contribution in [0.25, 0.3) is 0 Å². The van der Waals surface area contributed by atoms with Crippen molar-refractivity contribution in [1.29, 1.82) is 0 Å². The molecule has 3 rings (SSSR count). The number of thioether (sulfide) groups is 1. The summed E-state index contributed by atoms with van der Waals surface area (Å²) in [5.74, 6) is 4.24. The molecule has 2 heterocycles. The molecule has 0 amide bonds. The number of aliphatic hydroxyl groups is 1. The van der Waals surface area contributed by atoms with Crippen molar-refractivity contribution in [2.24, 2.45) is 17.8 Å². The topological polar surface area (TPSA) is 29.5 Å². The number of rotatable bonds is 2. The van der Waals surface area contributed by atoms with E-state index in [1.165, 1.54) is 43.6 Å². The normalized spacial score (nSPS) is 40.4. The summed E-state index contributed by atoms with van der Waals surface area (Å²) in [5, 5.41) is 10.8. The Bertz CT molecular complexity index is 296. The minimum Gasteiger partial charge on any atom is -0.393 e. The summed E-state index contributed by atoms with van der Waals surface area (Å²) < 4.78 is 6.15. The van der Waals surface area contributed by atoms with Crippen LogP contribution in [-0.2, 0) is 4.74 Å². The monoisotopic (exact) mass is 284 g/mol. The van der Waals surface area contributed by atoms with E-state index in [0.717, 1.165) is 25.4 Å². The lowest BCUT2D eigenvalue weighted by Gasteiger charge is -2.45. The second-order valence-electron chi connectivity index (χ2n) is 6.96. The lowest BCUT2D eigenvalue weighted by atomic mass is 9.75. The number of hydrogen-bond acceptors (Lipinski definition) is 3. The molecule has 1 saturated carbocycles. The van der Waals surface area contributed by atoms with Gasteiger partial charge in [-0.3, -0.25) is 0 Å². The standard InChI is InChI=1S/C16H28O2S/c1-12-3-2-4-14(12)15(17)13-5-8-18-16(11-13)6-9-19-10-7-16/h12-15,17H,2-11H2,1H3. The summed E-state index contributed by atoms with van der Waals surface area (Å²) in [6.45, 7) is 3.20. The van der Waals surface area contributed by atoms with E-state index in [-0.39, 0.29) is 11.7 Å². The zero-order valence-corrected chi connectivity index (χ0v) is 13.0. The van der Waals surface area contributed by atoms with Crippen LogP contribution >= 0.6 is 11.8 Å². The fourth-order valence-electron chi connectivity index (χ4n) is 4.48. The van der Waals surface area contributed by atoms with E-state index in [1.807, 2.05) is 0 Å². The summed E-state index contributed by atoms with van der Waals surface area (Å²) >= 11 is 2.06. The minimum atomic E-state index is -0.0761. The van der Waals surface area contributed by atoms with Crippen LogP contribution in [0.1, 0.15) is 51.9 Å². The highest BCUT2D eigenvalue weighted by atomic mass is 32.2. The second-order valence-corrected chi connectivity index (χ2v) is 8.18. The first-order valence-corrected chi connectivity index (χ1v) is 9.25. The lowest BCUT2D eigenvalue weighted by molar-refractivity contribution is -0.128. The zero-order chi connectivity index (χ0) is 13.3. The zero-order valence-electron chi connectivity index (χ0n) is 12.1. The molecule has 1 aliphatic carbocycles. The third kappa shape index (κ3) is 2.98. The third-order valence-corrected chi connectivity index (χ3v) is 6.77. The fourth-order valence-corrected chi connectivity index (χ4v) is 5.72. The van der Waals surface area contributed by atoms with Crippen molar-refractivity contribution in [2.75, 3.05) is 18.1 Å². The lowest BCUT2D eigenvalue weighted by Crippen LogP contribution is -2.47. The molecule has 0 aromatic heterocycles. The van der Waals surface area contributed by atoms with Crippen LogP contribution in [0, 0.1) is 17.8 Å². The highest BCUT2D eigenvalue weighted by Crippen LogP contribution is 2.44. The van der Waals surface area contributed by atoms with Gasteiger partial charge in [-0.1, -0.05) is 19.8 Å². The van der Waals surface area contributed by atoms with Crippen molar-refractivity contribution in [3.63, 3.8) is 0 Å². The van der Waals surface area contributed by atoms with E-state index < -0.39 is 0 Å². The maximum absolute atomic E-state index is 10.8. The highest BCUT2D eigenvalue weighted by molar-refractivity contribution is 7.99. The van der Waals surface area contributed by atoms with Gasteiger partial charge in [0.2, 0.25) is 0 Å². The maximum atomic E-state index is 10.8. The van der Waals surface area contributed by atoms with Gasteiger partial charge >= 0.3 is 0 Å². The first-order valence-electron chi connectivity index (χ1n) is 8.10. The van der Waals surface area contributed by atoms with E-state index in [2.05, 4.69) is 18.7 Å². The summed E-state index contributed by atoms with van der Waals surface area (Å²) in [4.78, 5) is 0. The van der Waals surface area contributed by atoms with Gasteiger partial charge < -0.3 is 9.84 Å². The van der Waals surface area contributed by atoms with Crippen LogP contribution in [0.15, 0.2) is 0 Å². The van der Waals surface area contributed by atoms with Crippen LogP contribution in [0.4, 0.5) is 0 Å². The van der Waals surface area contributed by atoms with Crippen molar-refractivity contribution in [3.8, 4) is 0 Å². The molecule has 2 saturated heterocycles. The van der Waals surface area contributed by atoms with Crippen LogP contribution in [0.3, 0.4) is 0 Å². The molecular weight excluding hydrogens is 256 g/mol. The Labute approximate surface area is 121 Å². The molecule has 1 spiro atoms. The SMILES string of the molecule is CC1CCCC1C(O)C1CCOC2(CCSCC2)C1. The predicted molar refractivity (Wildman–Crippen MR) is 80.5 cm³/mol. The Balaban J connectivity index is 1.64. The van der Waals surface area contributed by atoms with Crippen LogP contribution in [0.2, 0.25) is 0 Å². The van der Waals surface area contributed by atoms with Gasteiger partial charge in [-0.15, -0.1) is 0 Å². The summed E-state index contributed by atoms with van der Waals surface area (Å²) in [7, 11) is 0. The van der Waals surface area contributed by atoms with Gasteiger partial charge in [0.15, 0.2) is 0 Å². The molecule has 0 aromatic rings. The molecule has 2 nitrogen and oxygen atoms in total. The fraction of sp³-hybridized carbons (Fsp3) is 1.00. The quantitative estimate of drug-likeness (QED) is 0.842. The van der Waals surface area contributed by atoms with Gasteiger partial charge in [0.05, 0.1) is 11.7 Å². The van der Waals surface area contributed by atoms with Gasteiger partial charge in [0.25, 0.3) is 0 Å². The van der Waals surface area contributed by atoms with E-state index in [1.54, 1.807) is 0 Å². The van der Waals surface area contributed by atoms with E-state index in [0.29, 0.717) is 11.8 Å². The molecule has 3 fully saturated rings. The first kappa shape index (κ1) is 14.2. The predicted octanol–water partition coefficient (Wildman–Crippen LogP) is 3.48. The van der Waals surface area contributed by atoms with Crippen LogP contribution in [-0.4, -0.2) is 34.9 Å². The summed E-state index contributed by atoms with van der Waals surface area (Å²) in [6.07, 6.45) is 8.36. The molecule has 0 radical (unpaired) electrons. The number of aliphatic hydroxyl groups excluding tert-OH is 1. The van der Waals surface area contributed by atoms with Crippen LogP contribution < -0.4 is 0 Å². The van der Waals surface area contributed by atoms with Crippen molar-refractivity contribution in [3.05, 3.63) is 0 Å². The molecule has 0 aromatic carbocycles. The van der Waals surface area contributed by atoms with Gasteiger partial charge in [-0.2, -0.15) is 11.8 Å². The van der Waals surface area contributed by atoms with Crippen molar-refractivity contribution in [1.82, 2.24) is 0 Å². The summed E-state index contributed by atoms with van der Waals surface area (Å²) in [6, 6.07) is 0. The Morgan fingerprint density at radius 2 is 2.00 bits per heavy atom. The largest absolute Gasteiger partial charge is 0.393 e. The van der Waals surface area contributed by atoms with Crippen molar-refractivity contribution >= 4 is 11.8 Å². The molecule has 2 aliphatic heterocycles. The molecular formula is C16H28O2S. The molecule has 0 bridgehead atoms. The molecule has 4 unspecified atom stereocenters.